The summed E-state index contributed by atoms with van der Waals surface area (Å²) in [5.74, 6) is -0.226. The SMILES string of the molecule is CN[C@@H](C)C(=O)N[C@H](C(=O)N1CCC[C@H]1C(=O)Nc1nc(-c2ccccc2)sc1-c1ccccc1)C1=CCCCC1. The van der Waals surface area contributed by atoms with Crippen molar-refractivity contribution in [2.24, 2.45) is 0 Å². The minimum Gasteiger partial charge on any atom is -0.339 e. The summed E-state index contributed by atoms with van der Waals surface area (Å²) in [5, 5.41) is 9.79. The van der Waals surface area contributed by atoms with Gasteiger partial charge in [-0.05, 0) is 63.6 Å². The maximum absolute atomic E-state index is 14.0. The molecule has 41 heavy (non-hydrogen) atoms. The molecule has 0 radical (unpaired) electrons. The molecule has 0 unspecified atom stereocenters. The molecule has 9 heteroatoms. The number of nitrogens with zero attached hydrogens (tertiary/aromatic N) is 2. The summed E-state index contributed by atoms with van der Waals surface area (Å²) in [6.07, 6.45) is 7.05. The molecule has 3 amide bonds. The van der Waals surface area contributed by atoms with Gasteiger partial charge in [-0.2, -0.15) is 0 Å². The zero-order chi connectivity index (χ0) is 28.8. The molecule has 5 rings (SSSR count). The topological polar surface area (TPSA) is 103 Å². The minimum atomic E-state index is -0.768. The second-order valence-electron chi connectivity index (χ2n) is 10.6. The van der Waals surface area contributed by atoms with Gasteiger partial charge in [0.1, 0.15) is 17.1 Å². The van der Waals surface area contributed by atoms with Crippen LogP contribution in [-0.2, 0) is 14.4 Å². The average Bonchev–Trinajstić information content (AvgIpc) is 3.68. The highest BCUT2D eigenvalue weighted by Crippen LogP contribution is 2.39. The number of rotatable bonds is 9. The van der Waals surface area contributed by atoms with E-state index in [9.17, 15) is 14.4 Å². The van der Waals surface area contributed by atoms with Crippen LogP contribution in [0.4, 0.5) is 5.82 Å². The normalized spacial score (nSPS) is 18.3. The number of amides is 3. The Morgan fingerprint density at radius 2 is 1.68 bits per heavy atom. The zero-order valence-electron chi connectivity index (χ0n) is 23.6. The Balaban J connectivity index is 1.40. The lowest BCUT2D eigenvalue weighted by molar-refractivity contribution is -0.139. The van der Waals surface area contributed by atoms with Crippen LogP contribution in [0.15, 0.2) is 72.3 Å². The Hall–Kier alpha value is -3.82. The van der Waals surface area contributed by atoms with Crippen molar-refractivity contribution in [3.05, 3.63) is 72.3 Å². The van der Waals surface area contributed by atoms with E-state index >= 15 is 0 Å². The number of anilines is 1. The fraction of sp³-hybridized carbons (Fsp3) is 0.375. The van der Waals surface area contributed by atoms with Crippen LogP contribution >= 0.6 is 11.3 Å². The van der Waals surface area contributed by atoms with Crippen LogP contribution in [0.5, 0.6) is 0 Å². The molecular formula is C32H37N5O3S. The Morgan fingerprint density at radius 3 is 2.34 bits per heavy atom. The minimum absolute atomic E-state index is 0.223. The highest BCUT2D eigenvalue weighted by Gasteiger charge is 2.39. The summed E-state index contributed by atoms with van der Waals surface area (Å²) in [4.78, 5) is 47.9. The number of thiazole rings is 1. The van der Waals surface area contributed by atoms with E-state index in [0.717, 1.165) is 52.3 Å². The van der Waals surface area contributed by atoms with Crippen molar-refractivity contribution < 1.29 is 14.4 Å². The molecule has 1 fully saturated rings. The number of likely N-dealkylation sites (N-methyl/N-ethyl adjacent to an activating group) is 1. The Labute approximate surface area is 245 Å². The number of carbonyl (C=O) groups is 3. The third-order valence-electron chi connectivity index (χ3n) is 7.82. The number of nitrogens with one attached hydrogen (secondary N) is 3. The summed E-state index contributed by atoms with van der Waals surface area (Å²) in [6, 6.07) is 17.9. The first-order valence-corrected chi connectivity index (χ1v) is 15.2. The quantitative estimate of drug-likeness (QED) is 0.314. The summed E-state index contributed by atoms with van der Waals surface area (Å²) in [6.45, 7) is 2.23. The van der Waals surface area contributed by atoms with E-state index in [-0.39, 0.29) is 17.7 Å². The van der Waals surface area contributed by atoms with Gasteiger partial charge in [0.05, 0.1) is 10.9 Å². The molecule has 2 aliphatic rings. The molecule has 0 saturated carbocycles. The van der Waals surface area contributed by atoms with Crippen molar-refractivity contribution >= 4 is 34.9 Å². The highest BCUT2D eigenvalue weighted by atomic mass is 32.1. The van der Waals surface area contributed by atoms with E-state index in [0.29, 0.717) is 25.2 Å². The molecule has 1 aromatic heterocycles. The van der Waals surface area contributed by atoms with Crippen molar-refractivity contribution in [1.29, 1.82) is 0 Å². The van der Waals surface area contributed by atoms with Gasteiger partial charge < -0.3 is 20.9 Å². The second kappa shape index (κ2) is 13.2. The number of allylic oxidation sites excluding steroid dienone is 1. The summed E-state index contributed by atoms with van der Waals surface area (Å²) >= 11 is 1.53. The van der Waals surface area contributed by atoms with Crippen molar-refractivity contribution in [2.45, 2.75) is 63.6 Å². The Kier molecular flexibility index (Phi) is 9.26. The zero-order valence-corrected chi connectivity index (χ0v) is 24.4. The monoisotopic (exact) mass is 571 g/mol. The fourth-order valence-electron chi connectivity index (χ4n) is 5.40. The van der Waals surface area contributed by atoms with E-state index in [1.165, 1.54) is 11.3 Å². The van der Waals surface area contributed by atoms with E-state index in [1.54, 1.807) is 18.9 Å². The summed E-state index contributed by atoms with van der Waals surface area (Å²) < 4.78 is 0. The number of aromatic nitrogens is 1. The molecule has 1 aliphatic heterocycles. The number of benzene rings is 2. The lowest BCUT2D eigenvalue weighted by Crippen LogP contribution is -2.55. The van der Waals surface area contributed by atoms with Crippen LogP contribution < -0.4 is 16.0 Å². The van der Waals surface area contributed by atoms with Gasteiger partial charge in [0.25, 0.3) is 0 Å². The first kappa shape index (κ1) is 28.7. The first-order chi connectivity index (χ1) is 20.0. The molecule has 2 aromatic carbocycles. The van der Waals surface area contributed by atoms with Crippen molar-refractivity contribution in [1.82, 2.24) is 20.5 Å². The third-order valence-corrected chi connectivity index (χ3v) is 8.97. The van der Waals surface area contributed by atoms with Crippen LogP contribution in [0.3, 0.4) is 0 Å². The molecule has 214 valence electrons. The predicted octanol–water partition coefficient (Wildman–Crippen LogP) is 5.00. The van der Waals surface area contributed by atoms with Gasteiger partial charge in [-0.3, -0.25) is 14.4 Å². The van der Waals surface area contributed by atoms with Crippen molar-refractivity contribution in [3.8, 4) is 21.0 Å². The van der Waals surface area contributed by atoms with Gasteiger partial charge >= 0.3 is 0 Å². The number of hydrogen-bond acceptors (Lipinski definition) is 6. The molecule has 2 heterocycles. The lowest BCUT2D eigenvalue weighted by atomic mass is 9.92. The first-order valence-electron chi connectivity index (χ1n) is 14.4. The van der Waals surface area contributed by atoms with Gasteiger partial charge in [0.2, 0.25) is 17.7 Å². The maximum Gasteiger partial charge on any atom is 0.250 e. The van der Waals surface area contributed by atoms with E-state index in [4.69, 9.17) is 4.98 Å². The standard InChI is InChI=1S/C32H37N5O3S/c1-21(33-2)29(38)34-26(22-13-6-3-7-14-22)32(40)37-20-12-19-25(37)30(39)35-28-27(23-15-8-4-9-16-23)41-31(36-28)24-17-10-5-11-18-24/h4-5,8-11,13,15-18,21,25-26,33H,3,6-7,12,14,19-20H2,1-2H3,(H,34,38)(H,35,39)/t21-,25-,26-/m0/s1. The molecule has 0 spiro atoms. The van der Waals surface area contributed by atoms with E-state index < -0.39 is 18.1 Å². The van der Waals surface area contributed by atoms with Crippen LogP contribution in [0.2, 0.25) is 0 Å². The smallest absolute Gasteiger partial charge is 0.250 e. The van der Waals surface area contributed by atoms with Gasteiger partial charge in [-0.1, -0.05) is 66.7 Å². The molecule has 3 atom stereocenters. The van der Waals surface area contributed by atoms with Crippen molar-refractivity contribution in [2.75, 3.05) is 18.9 Å². The van der Waals surface area contributed by atoms with Crippen LogP contribution in [0, 0.1) is 0 Å². The van der Waals surface area contributed by atoms with Gasteiger partial charge in [-0.15, -0.1) is 11.3 Å². The lowest BCUT2D eigenvalue weighted by Gasteiger charge is -2.31. The number of likely N-dealkylation sites (tertiary alicyclic amines) is 1. The van der Waals surface area contributed by atoms with Crippen LogP contribution in [0.1, 0.15) is 45.4 Å². The van der Waals surface area contributed by atoms with Gasteiger partial charge in [0, 0.05) is 12.1 Å². The second-order valence-corrected chi connectivity index (χ2v) is 11.6. The van der Waals surface area contributed by atoms with Crippen LogP contribution in [-0.4, -0.2) is 59.3 Å². The third kappa shape index (κ3) is 6.57. The summed E-state index contributed by atoms with van der Waals surface area (Å²) in [5.41, 5.74) is 2.87. The van der Waals surface area contributed by atoms with Gasteiger partial charge in [-0.25, -0.2) is 4.98 Å². The molecule has 3 aromatic rings. The highest BCUT2D eigenvalue weighted by molar-refractivity contribution is 7.19. The van der Waals surface area contributed by atoms with Crippen molar-refractivity contribution in [3.63, 3.8) is 0 Å². The van der Waals surface area contributed by atoms with E-state index in [1.807, 2.05) is 60.7 Å². The number of hydrogen-bond donors (Lipinski definition) is 3. The molecule has 8 nitrogen and oxygen atoms in total. The predicted molar refractivity (Wildman–Crippen MR) is 163 cm³/mol. The fourth-order valence-corrected chi connectivity index (χ4v) is 6.43. The maximum atomic E-state index is 14.0. The molecule has 0 bridgehead atoms. The molecule has 1 saturated heterocycles. The Bertz CT molecular complexity index is 1410. The molecule has 3 N–H and O–H groups in total. The average molecular weight is 572 g/mol. The number of carbonyl (C=O) groups excluding carboxylic acids is 3. The van der Waals surface area contributed by atoms with Crippen LogP contribution in [0.25, 0.3) is 21.0 Å². The Morgan fingerprint density at radius 1 is 0.976 bits per heavy atom. The van der Waals surface area contributed by atoms with Gasteiger partial charge in [0.15, 0.2) is 5.82 Å². The summed E-state index contributed by atoms with van der Waals surface area (Å²) in [7, 11) is 1.72. The molecular weight excluding hydrogens is 534 g/mol. The van der Waals surface area contributed by atoms with E-state index in [2.05, 4.69) is 22.0 Å². The molecule has 1 aliphatic carbocycles. The largest absolute Gasteiger partial charge is 0.339 e.